The van der Waals surface area contributed by atoms with Crippen LogP contribution in [0.5, 0.6) is 0 Å². The number of barbiturate groups is 1. The fourth-order valence-corrected chi connectivity index (χ4v) is 1.84. The Balaban J connectivity index is 3.01. The van der Waals surface area contributed by atoms with Crippen molar-refractivity contribution in [3.63, 3.8) is 0 Å². The third-order valence-corrected chi connectivity index (χ3v) is 2.70. The van der Waals surface area contributed by atoms with Crippen molar-refractivity contribution >= 4 is 17.8 Å². The second-order valence-electron chi connectivity index (χ2n) is 3.84. The first kappa shape index (κ1) is 12.4. The van der Waals surface area contributed by atoms with Gasteiger partial charge in [0.1, 0.15) is 5.41 Å². The molecule has 0 spiro atoms. The van der Waals surface area contributed by atoms with E-state index in [0.717, 1.165) is 0 Å². The molecule has 1 rings (SSSR count). The molecule has 0 radical (unpaired) electrons. The number of hydrogen-bond acceptors (Lipinski definition) is 3. The van der Waals surface area contributed by atoms with Gasteiger partial charge in [0.15, 0.2) is 0 Å². The summed E-state index contributed by atoms with van der Waals surface area (Å²) in [5.41, 5.74) is -1.13. The molecule has 0 aromatic rings. The van der Waals surface area contributed by atoms with Crippen LogP contribution in [0.4, 0.5) is 4.79 Å². The number of allylic oxidation sites excluding steroid dienone is 2. The highest BCUT2D eigenvalue weighted by atomic mass is 16.2. The van der Waals surface area contributed by atoms with E-state index >= 15 is 0 Å². The molecule has 0 atom stereocenters. The maximum absolute atomic E-state index is 11.8. The van der Waals surface area contributed by atoms with E-state index in [9.17, 15) is 14.4 Å². The molecule has 0 saturated carbocycles. The second-order valence-corrected chi connectivity index (χ2v) is 3.84. The van der Waals surface area contributed by atoms with Gasteiger partial charge in [-0.15, -0.1) is 0 Å². The number of rotatable bonds is 4. The van der Waals surface area contributed by atoms with Gasteiger partial charge in [-0.1, -0.05) is 25.5 Å². The smallest absolute Gasteiger partial charge is 0.277 e. The Bertz CT molecular complexity index is 327. The summed E-state index contributed by atoms with van der Waals surface area (Å²) in [6, 6.07) is -0.734. The third kappa shape index (κ3) is 2.13. The van der Waals surface area contributed by atoms with Crippen LogP contribution in [-0.2, 0) is 9.59 Å². The zero-order valence-electron chi connectivity index (χ0n) is 9.50. The van der Waals surface area contributed by atoms with Crippen molar-refractivity contribution in [2.24, 2.45) is 5.41 Å². The van der Waals surface area contributed by atoms with Gasteiger partial charge in [0.2, 0.25) is 11.8 Å². The van der Waals surface area contributed by atoms with Crippen LogP contribution >= 0.6 is 0 Å². The molecule has 4 amide bonds. The molecule has 1 aliphatic rings. The van der Waals surface area contributed by atoms with E-state index in [1.165, 1.54) is 0 Å². The van der Waals surface area contributed by atoms with E-state index in [4.69, 9.17) is 0 Å². The lowest BCUT2D eigenvalue weighted by atomic mass is 9.77. The molecule has 1 fully saturated rings. The predicted molar refractivity (Wildman–Crippen MR) is 58.5 cm³/mol. The lowest BCUT2D eigenvalue weighted by Crippen LogP contribution is -2.62. The van der Waals surface area contributed by atoms with Crippen LogP contribution in [-0.4, -0.2) is 17.8 Å². The molecule has 16 heavy (non-hydrogen) atoms. The van der Waals surface area contributed by atoms with Gasteiger partial charge < -0.3 is 0 Å². The van der Waals surface area contributed by atoms with E-state index in [2.05, 4.69) is 10.6 Å². The molecule has 0 bridgehead atoms. The van der Waals surface area contributed by atoms with Crippen molar-refractivity contribution in [1.82, 2.24) is 10.6 Å². The van der Waals surface area contributed by atoms with Crippen molar-refractivity contribution < 1.29 is 14.4 Å². The third-order valence-electron chi connectivity index (χ3n) is 2.70. The quantitative estimate of drug-likeness (QED) is 0.554. The van der Waals surface area contributed by atoms with E-state index in [1.54, 1.807) is 12.2 Å². The van der Waals surface area contributed by atoms with Crippen LogP contribution in [0.15, 0.2) is 12.2 Å². The van der Waals surface area contributed by atoms with Crippen LogP contribution in [0.3, 0.4) is 0 Å². The zero-order chi connectivity index (χ0) is 12.2. The van der Waals surface area contributed by atoms with Gasteiger partial charge in [-0.3, -0.25) is 20.2 Å². The molecule has 1 saturated heterocycles. The molecule has 2 N–H and O–H groups in total. The average Bonchev–Trinajstić information content (AvgIpc) is 2.22. The minimum Gasteiger partial charge on any atom is -0.277 e. The molecule has 1 heterocycles. The highest BCUT2D eigenvalue weighted by molar-refractivity contribution is 6.19. The van der Waals surface area contributed by atoms with Gasteiger partial charge in [0.05, 0.1) is 0 Å². The number of urea groups is 1. The summed E-state index contributed by atoms with van der Waals surface area (Å²) in [6.07, 6.45) is 5.01. The van der Waals surface area contributed by atoms with Gasteiger partial charge in [-0.05, 0) is 19.8 Å². The summed E-state index contributed by atoms with van der Waals surface area (Å²) in [7, 11) is 0. The topological polar surface area (TPSA) is 75.3 Å². The summed E-state index contributed by atoms with van der Waals surface area (Å²) in [5.74, 6) is -0.998. The Morgan fingerprint density at radius 1 is 1.19 bits per heavy atom. The molecular weight excluding hydrogens is 208 g/mol. The van der Waals surface area contributed by atoms with E-state index < -0.39 is 23.3 Å². The van der Waals surface area contributed by atoms with Crippen LogP contribution in [0, 0.1) is 5.41 Å². The predicted octanol–water partition coefficient (Wildman–Crippen LogP) is 1.11. The van der Waals surface area contributed by atoms with E-state index in [0.29, 0.717) is 19.3 Å². The van der Waals surface area contributed by atoms with Crippen LogP contribution in [0.1, 0.15) is 33.1 Å². The minimum atomic E-state index is -1.13. The maximum atomic E-state index is 11.8. The lowest BCUT2D eigenvalue weighted by molar-refractivity contribution is -0.144. The van der Waals surface area contributed by atoms with Crippen molar-refractivity contribution in [2.45, 2.75) is 33.1 Å². The molecule has 0 aromatic carbocycles. The first-order chi connectivity index (χ1) is 7.56. The van der Waals surface area contributed by atoms with Gasteiger partial charge in [-0.25, -0.2) is 4.79 Å². The highest BCUT2D eigenvalue weighted by Crippen LogP contribution is 2.31. The summed E-state index contributed by atoms with van der Waals surface area (Å²) >= 11 is 0. The normalized spacial score (nSPS) is 19.8. The van der Waals surface area contributed by atoms with Crippen molar-refractivity contribution in [3.8, 4) is 0 Å². The fraction of sp³-hybridized carbons (Fsp3) is 0.545. The van der Waals surface area contributed by atoms with E-state index in [-0.39, 0.29) is 0 Å². The molecule has 5 heteroatoms. The van der Waals surface area contributed by atoms with Gasteiger partial charge in [0, 0.05) is 0 Å². The number of carbonyl (C=O) groups excluding carboxylic acids is 3. The first-order valence-electron chi connectivity index (χ1n) is 5.35. The molecule has 88 valence electrons. The molecular formula is C11H16N2O3. The summed E-state index contributed by atoms with van der Waals surface area (Å²) in [5, 5.41) is 4.30. The van der Waals surface area contributed by atoms with Crippen LogP contribution < -0.4 is 10.6 Å². The summed E-state index contributed by atoms with van der Waals surface area (Å²) in [6.45, 7) is 3.72. The lowest BCUT2D eigenvalue weighted by Gasteiger charge is -2.32. The fourth-order valence-electron chi connectivity index (χ4n) is 1.84. The molecule has 5 nitrogen and oxygen atoms in total. The van der Waals surface area contributed by atoms with Crippen molar-refractivity contribution in [2.75, 3.05) is 0 Å². The standard InChI is InChI=1S/C11H16N2O3/c1-3-5-7-11(6-4-2)8(14)12-10(16)13-9(11)15/h3,5H,4,6-7H2,1-2H3,(H2,12,13,14,15,16)/b5-3+. The number of imide groups is 2. The number of amides is 4. The maximum Gasteiger partial charge on any atom is 0.328 e. The molecule has 0 aromatic heterocycles. The van der Waals surface area contributed by atoms with E-state index in [1.807, 2.05) is 13.8 Å². The van der Waals surface area contributed by atoms with Crippen LogP contribution in [0.2, 0.25) is 0 Å². The Kier molecular flexibility index (Phi) is 3.82. The molecule has 1 aliphatic heterocycles. The van der Waals surface area contributed by atoms with Gasteiger partial charge in [0.25, 0.3) is 0 Å². The summed E-state index contributed by atoms with van der Waals surface area (Å²) in [4.78, 5) is 34.6. The minimum absolute atomic E-state index is 0.322. The zero-order valence-corrected chi connectivity index (χ0v) is 9.50. The Morgan fingerprint density at radius 2 is 1.75 bits per heavy atom. The Hall–Kier alpha value is -1.65. The number of carbonyl (C=O) groups is 3. The monoisotopic (exact) mass is 224 g/mol. The largest absolute Gasteiger partial charge is 0.328 e. The highest BCUT2D eigenvalue weighted by Gasteiger charge is 2.48. The number of nitrogens with one attached hydrogen (secondary N) is 2. The Morgan fingerprint density at radius 3 is 2.19 bits per heavy atom. The van der Waals surface area contributed by atoms with Gasteiger partial charge in [-0.2, -0.15) is 0 Å². The van der Waals surface area contributed by atoms with Gasteiger partial charge >= 0.3 is 6.03 Å². The Labute approximate surface area is 94.3 Å². The SMILES string of the molecule is C/C=C/CC1(CCC)C(=O)NC(=O)NC1=O. The molecule has 0 aliphatic carbocycles. The van der Waals surface area contributed by atoms with Crippen molar-refractivity contribution in [1.29, 1.82) is 0 Å². The average molecular weight is 224 g/mol. The second kappa shape index (κ2) is 4.92. The first-order valence-corrected chi connectivity index (χ1v) is 5.35. The van der Waals surface area contributed by atoms with Crippen LogP contribution in [0.25, 0.3) is 0 Å². The summed E-state index contributed by atoms with van der Waals surface area (Å²) < 4.78 is 0. The molecule has 0 unspecified atom stereocenters. The number of hydrogen-bond donors (Lipinski definition) is 2. The van der Waals surface area contributed by atoms with Crippen molar-refractivity contribution in [3.05, 3.63) is 12.2 Å².